The van der Waals surface area contributed by atoms with Crippen molar-refractivity contribution in [2.24, 2.45) is 0 Å². The Morgan fingerprint density at radius 3 is 1.34 bits per heavy atom. The lowest BCUT2D eigenvalue weighted by Crippen LogP contribution is -2.42. The highest BCUT2D eigenvalue weighted by molar-refractivity contribution is 7.86. The molecule has 2 unspecified atom stereocenters. The van der Waals surface area contributed by atoms with Crippen LogP contribution in [0.3, 0.4) is 0 Å². The smallest absolute Gasteiger partial charge is 0.267 e. The van der Waals surface area contributed by atoms with Gasteiger partial charge in [-0.2, -0.15) is 16.8 Å². The molecule has 0 rings (SSSR count). The number of aliphatic hydroxyl groups excluding tert-OH is 2. The van der Waals surface area contributed by atoms with Gasteiger partial charge in [-0.1, -0.05) is 64.7 Å². The summed E-state index contributed by atoms with van der Waals surface area (Å²) in [6, 6.07) is 0. The van der Waals surface area contributed by atoms with Crippen LogP contribution >= 0.6 is 0 Å². The first kappa shape index (κ1) is 28.7. The fourth-order valence-electron chi connectivity index (χ4n) is 3.27. The highest BCUT2D eigenvalue weighted by Crippen LogP contribution is 2.11. The molecule has 0 spiro atoms. The molecule has 2 atom stereocenters. The number of hydrogen-bond donors (Lipinski definition) is 4. The molecule has 0 radical (unpaired) electrons. The van der Waals surface area contributed by atoms with E-state index in [9.17, 15) is 27.0 Å². The van der Waals surface area contributed by atoms with Crippen molar-refractivity contribution in [1.29, 1.82) is 0 Å². The Balaban J connectivity index is 4.30. The van der Waals surface area contributed by atoms with Crippen LogP contribution in [0.2, 0.25) is 0 Å². The monoisotopic (exact) mass is 461 g/mol. The Labute approximate surface area is 176 Å². The molecule has 9 nitrogen and oxygen atoms in total. The summed E-state index contributed by atoms with van der Waals surface area (Å²) >= 11 is 0. The highest BCUT2D eigenvalue weighted by Gasteiger charge is 2.22. The Morgan fingerprint density at radius 2 is 1.00 bits per heavy atom. The van der Waals surface area contributed by atoms with Gasteiger partial charge in [-0.05, 0) is 13.0 Å². The maximum atomic E-state index is 10.9. The summed E-state index contributed by atoms with van der Waals surface area (Å²) in [7, 11) is -8.69. The van der Waals surface area contributed by atoms with Crippen LogP contribution in [0.4, 0.5) is 0 Å². The van der Waals surface area contributed by atoms with E-state index in [2.05, 4.69) is 6.92 Å². The maximum absolute atomic E-state index is 10.9. The summed E-state index contributed by atoms with van der Waals surface area (Å²) in [5.74, 6) is -1.67. The lowest BCUT2D eigenvalue weighted by atomic mass is 10.1. The van der Waals surface area contributed by atoms with Crippen LogP contribution in [0.15, 0.2) is 0 Å². The SMILES string of the molecule is CCCCCCCCCCCCN(CC(O)CS(=O)(=O)O)CC(O)CS(=O)(=O)O. The average molecular weight is 462 g/mol. The molecule has 0 fully saturated rings. The Hall–Kier alpha value is -0.300. The summed E-state index contributed by atoms with van der Waals surface area (Å²) in [5.41, 5.74) is 0. The van der Waals surface area contributed by atoms with Gasteiger partial charge >= 0.3 is 0 Å². The molecule has 0 saturated carbocycles. The minimum atomic E-state index is -4.35. The Kier molecular flexibility index (Phi) is 15.3. The van der Waals surface area contributed by atoms with Crippen molar-refractivity contribution in [2.75, 3.05) is 31.1 Å². The first-order chi connectivity index (χ1) is 13.4. The number of hydrogen-bond acceptors (Lipinski definition) is 7. The van der Waals surface area contributed by atoms with E-state index in [0.29, 0.717) is 6.54 Å². The minimum absolute atomic E-state index is 0.139. The van der Waals surface area contributed by atoms with E-state index < -0.39 is 43.9 Å². The second-order valence-electron chi connectivity index (χ2n) is 7.75. The number of aliphatic hydroxyl groups is 2. The third kappa shape index (κ3) is 20.7. The molecule has 11 heteroatoms. The summed E-state index contributed by atoms with van der Waals surface area (Å²) < 4.78 is 61.2. The zero-order valence-corrected chi connectivity index (χ0v) is 19.1. The molecule has 4 N–H and O–H groups in total. The van der Waals surface area contributed by atoms with Crippen molar-refractivity contribution in [2.45, 2.75) is 83.3 Å². The number of unbranched alkanes of at least 4 members (excludes halogenated alkanes) is 9. The molecule has 0 saturated heterocycles. The first-order valence-electron chi connectivity index (χ1n) is 10.4. The van der Waals surface area contributed by atoms with Crippen molar-refractivity contribution >= 4 is 20.2 Å². The van der Waals surface area contributed by atoms with Crippen LogP contribution < -0.4 is 0 Å². The molecule has 29 heavy (non-hydrogen) atoms. The summed E-state index contributed by atoms with van der Waals surface area (Å²) in [6.45, 7) is 2.34. The van der Waals surface area contributed by atoms with Crippen molar-refractivity contribution in [1.82, 2.24) is 4.90 Å². The standard InChI is InChI=1S/C18H39NO8S2/c1-2-3-4-5-6-7-8-9-10-11-12-19(13-17(20)15-28(22,23)24)14-18(21)16-29(25,26)27/h17-18,20-21H,2-16H2,1H3,(H,22,23,24)(H,25,26,27). The predicted octanol–water partition coefficient (Wildman–Crippen LogP) is 1.71. The van der Waals surface area contributed by atoms with Crippen LogP contribution in [0.5, 0.6) is 0 Å². The van der Waals surface area contributed by atoms with Gasteiger partial charge in [0.05, 0.1) is 12.2 Å². The van der Waals surface area contributed by atoms with Gasteiger partial charge in [0.25, 0.3) is 20.2 Å². The molecular formula is C18H39NO8S2. The summed E-state index contributed by atoms with van der Waals surface area (Å²) in [4.78, 5) is 1.55. The molecule has 0 aliphatic carbocycles. The molecule has 0 aromatic carbocycles. The van der Waals surface area contributed by atoms with E-state index in [4.69, 9.17) is 9.11 Å². The van der Waals surface area contributed by atoms with Crippen LogP contribution in [0.25, 0.3) is 0 Å². The van der Waals surface area contributed by atoms with Gasteiger partial charge in [-0.15, -0.1) is 0 Å². The Bertz CT molecular complexity index is 567. The van der Waals surface area contributed by atoms with E-state index in [0.717, 1.165) is 25.7 Å². The van der Waals surface area contributed by atoms with Gasteiger partial charge in [0.2, 0.25) is 0 Å². The van der Waals surface area contributed by atoms with Gasteiger partial charge in [0.1, 0.15) is 11.5 Å². The molecule has 0 aromatic heterocycles. The Morgan fingerprint density at radius 1 is 0.655 bits per heavy atom. The van der Waals surface area contributed by atoms with Gasteiger partial charge < -0.3 is 10.2 Å². The zero-order valence-electron chi connectivity index (χ0n) is 17.4. The molecule has 0 bridgehead atoms. The second-order valence-corrected chi connectivity index (χ2v) is 10.7. The van der Waals surface area contributed by atoms with Crippen molar-refractivity contribution in [3.05, 3.63) is 0 Å². The molecule has 0 heterocycles. The minimum Gasteiger partial charge on any atom is -0.391 e. The number of rotatable bonds is 19. The lowest BCUT2D eigenvalue weighted by molar-refractivity contribution is 0.0836. The van der Waals surface area contributed by atoms with Crippen LogP contribution in [-0.4, -0.2) is 84.4 Å². The molecule has 0 aromatic rings. The van der Waals surface area contributed by atoms with Gasteiger partial charge in [-0.3, -0.25) is 14.0 Å². The van der Waals surface area contributed by atoms with Crippen molar-refractivity contribution in [3.8, 4) is 0 Å². The van der Waals surface area contributed by atoms with Gasteiger partial charge in [0, 0.05) is 13.1 Å². The van der Waals surface area contributed by atoms with Crippen LogP contribution in [0, 0.1) is 0 Å². The quantitative estimate of drug-likeness (QED) is 0.166. The van der Waals surface area contributed by atoms with Gasteiger partial charge in [-0.25, -0.2) is 0 Å². The summed E-state index contributed by atoms with van der Waals surface area (Å²) in [6.07, 6.45) is 8.58. The van der Waals surface area contributed by atoms with E-state index in [-0.39, 0.29) is 13.1 Å². The maximum Gasteiger partial charge on any atom is 0.267 e. The fraction of sp³-hybridized carbons (Fsp3) is 1.00. The topological polar surface area (TPSA) is 152 Å². The van der Waals surface area contributed by atoms with Crippen LogP contribution in [0.1, 0.15) is 71.1 Å². The van der Waals surface area contributed by atoms with Crippen molar-refractivity contribution in [3.63, 3.8) is 0 Å². The zero-order chi connectivity index (χ0) is 22.3. The third-order valence-corrected chi connectivity index (χ3v) is 6.18. The van der Waals surface area contributed by atoms with E-state index in [1.54, 1.807) is 4.90 Å². The largest absolute Gasteiger partial charge is 0.391 e. The molecule has 0 amide bonds. The van der Waals surface area contributed by atoms with Crippen LogP contribution in [-0.2, 0) is 20.2 Å². The highest BCUT2D eigenvalue weighted by atomic mass is 32.2. The lowest BCUT2D eigenvalue weighted by Gasteiger charge is -2.26. The predicted molar refractivity (Wildman–Crippen MR) is 113 cm³/mol. The molecule has 176 valence electrons. The second kappa shape index (κ2) is 15.5. The first-order valence-corrected chi connectivity index (χ1v) is 13.6. The average Bonchev–Trinajstić information content (AvgIpc) is 2.52. The fourth-order valence-corrected chi connectivity index (χ4v) is 4.45. The van der Waals surface area contributed by atoms with E-state index >= 15 is 0 Å². The molecule has 0 aliphatic heterocycles. The molecule has 0 aliphatic rings. The number of nitrogens with zero attached hydrogens (tertiary/aromatic N) is 1. The third-order valence-electron chi connectivity index (χ3n) is 4.57. The normalized spacial score (nSPS) is 15.0. The van der Waals surface area contributed by atoms with E-state index in [1.165, 1.54) is 38.5 Å². The van der Waals surface area contributed by atoms with Crippen molar-refractivity contribution < 1.29 is 36.2 Å². The van der Waals surface area contributed by atoms with Gasteiger partial charge in [0.15, 0.2) is 0 Å². The van der Waals surface area contributed by atoms with E-state index in [1.807, 2.05) is 0 Å². The summed E-state index contributed by atoms with van der Waals surface area (Å²) in [5, 5.41) is 19.7. The molecular weight excluding hydrogens is 422 g/mol.